The summed E-state index contributed by atoms with van der Waals surface area (Å²) in [6.07, 6.45) is 0.298. The Morgan fingerprint density at radius 1 is 0.875 bits per heavy atom. The Morgan fingerprint density at radius 3 is 1.98 bits per heavy atom. The third-order valence-corrected chi connectivity index (χ3v) is 5.97. The Morgan fingerprint density at radius 2 is 1.43 bits per heavy atom. The Balaban J connectivity index is 3.14. The Hall–Kier alpha value is -3.95. The molecule has 0 fully saturated rings. The molecule has 3 amide bonds. The number of nitrogens with two attached hydrogens (primary N) is 4. The summed E-state index contributed by atoms with van der Waals surface area (Å²) in [5, 5.41) is 36.4. The molecule has 0 radical (unpaired) electrons. The molecule has 5 atom stereocenters. The number of rotatable bonds is 18. The summed E-state index contributed by atoms with van der Waals surface area (Å²) in [5.74, 6) is -3.67. The summed E-state index contributed by atoms with van der Waals surface area (Å²) in [4.78, 5) is 54.6. The van der Waals surface area contributed by atoms with Gasteiger partial charge in [-0.05, 0) is 63.3 Å². The standard InChI is InChI=1S/C25H42N8O7/c1-14(34)20(27)23(38)31-17(5-2-3-11-26)21(36)33-19(13-15-7-9-16(35)10-8-15)22(37)32-18(24(39)40)6-4-12-30-25(28)29/h7-10,14,17-20,34-35H,2-6,11-13,26-27H2,1H3,(H,31,38)(H,32,37)(H,33,36)(H,39,40)(H4,28,29,30). The molecule has 0 aromatic heterocycles. The van der Waals surface area contributed by atoms with Gasteiger partial charge in [0.2, 0.25) is 17.7 Å². The smallest absolute Gasteiger partial charge is 0.326 e. The van der Waals surface area contributed by atoms with Crippen molar-refractivity contribution in [1.82, 2.24) is 16.0 Å². The van der Waals surface area contributed by atoms with Crippen LogP contribution in [0.2, 0.25) is 0 Å². The normalized spacial score (nSPS) is 14.6. The molecular formula is C25H42N8O7. The van der Waals surface area contributed by atoms with Crippen molar-refractivity contribution < 1.29 is 34.5 Å². The minimum Gasteiger partial charge on any atom is -0.508 e. The number of nitrogens with zero attached hydrogens (tertiary/aromatic N) is 1. The maximum atomic E-state index is 13.3. The fourth-order valence-corrected chi connectivity index (χ4v) is 3.63. The molecular weight excluding hydrogens is 524 g/mol. The molecule has 1 rings (SSSR count). The molecule has 0 aliphatic heterocycles. The zero-order valence-corrected chi connectivity index (χ0v) is 22.6. The van der Waals surface area contributed by atoms with E-state index in [0.29, 0.717) is 24.9 Å². The lowest BCUT2D eigenvalue weighted by Gasteiger charge is -2.26. The predicted molar refractivity (Wildman–Crippen MR) is 148 cm³/mol. The van der Waals surface area contributed by atoms with Crippen LogP contribution >= 0.6 is 0 Å². The second-order valence-corrected chi connectivity index (χ2v) is 9.39. The minimum atomic E-state index is -1.29. The van der Waals surface area contributed by atoms with Crippen LogP contribution in [0, 0.1) is 0 Å². The van der Waals surface area contributed by atoms with Gasteiger partial charge >= 0.3 is 5.97 Å². The average molecular weight is 567 g/mol. The molecule has 5 unspecified atom stereocenters. The summed E-state index contributed by atoms with van der Waals surface area (Å²) in [6, 6.07) is 1.000. The largest absolute Gasteiger partial charge is 0.508 e. The zero-order chi connectivity index (χ0) is 30.2. The van der Waals surface area contributed by atoms with Gasteiger partial charge in [0.15, 0.2) is 5.96 Å². The predicted octanol–water partition coefficient (Wildman–Crippen LogP) is -2.64. The number of aliphatic carboxylic acids is 1. The maximum Gasteiger partial charge on any atom is 0.326 e. The molecule has 0 saturated carbocycles. The molecule has 15 heteroatoms. The molecule has 0 aliphatic rings. The lowest BCUT2D eigenvalue weighted by atomic mass is 10.0. The van der Waals surface area contributed by atoms with E-state index in [4.69, 9.17) is 22.9 Å². The number of hydrogen-bond acceptors (Lipinski definition) is 9. The van der Waals surface area contributed by atoms with E-state index in [9.17, 15) is 34.5 Å². The second kappa shape index (κ2) is 17.6. The van der Waals surface area contributed by atoms with E-state index < -0.39 is 54.0 Å². The molecule has 1 aromatic carbocycles. The lowest BCUT2D eigenvalue weighted by molar-refractivity contribution is -0.142. The van der Waals surface area contributed by atoms with Crippen molar-refractivity contribution in [3.8, 4) is 5.75 Å². The van der Waals surface area contributed by atoms with Gasteiger partial charge in [-0.2, -0.15) is 0 Å². The van der Waals surface area contributed by atoms with Gasteiger partial charge < -0.3 is 54.2 Å². The highest BCUT2D eigenvalue weighted by Crippen LogP contribution is 2.13. The highest BCUT2D eigenvalue weighted by molar-refractivity contribution is 5.94. The zero-order valence-electron chi connectivity index (χ0n) is 22.6. The fourth-order valence-electron chi connectivity index (χ4n) is 3.63. The van der Waals surface area contributed by atoms with Crippen LogP contribution in [0.25, 0.3) is 0 Å². The third-order valence-electron chi connectivity index (χ3n) is 5.97. The van der Waals surface area contributed by atoms with Crippen LogP contribution in [0.4, 0.5) is 0 Å². The number of hydrogen-bond donors (Lipinski definition) is 10. The van der Waals surface area contributed by atoms with Crippen LogP contribution in [0.15, 0.2) is 29.3 Å². The number of nitrogens with one attached hydrogen (secondary N) is 3. The van der Waals surface area contributed by atoms with Crippen molar-refractivity contribution in [3.63, 3.8) is 0 Å². The van der Waals surface area contributed by atoms with Crippen LogP contribution in [0.3, 0.4) is 0 Å². The van der Waals surface area contributed by atoms with E-state index in [1.54, 1.807) is 12.1 Å². The van der Waals surface area contributed by atoms with Crippen molar-refractivity contribution in [2.45, 2.75) is 75.7 Å². The number of aliphatic hydroxyl groups is 1. The van der Waals surface area contributed by atoms with Gasteiger partial charge in [0.05, 0.1) is 6.10 Å². The Kier molecular flexibility index (Phi) is 15.0. The van der Waals surface area contributed by atoms with Gasteiger partial charge in [-0.25, -0.2) is 4.79 Å². The van der Waals surface area contributed by atoms with E-state index in [1.165, 1.54) is 19.1 Å². The number of carbonyl (C=O) groups excluding carboxylic acids is 3. The molecule has 0 heterocycles. The average Bonchev–Trinajstić information content (AvgIpc) is 2.89. The number of carbonyl (C=O) groups is 4. The van der Waals surface area contributed by atoms with E-state index in [1.807, 2.05) is 0 Å². The summed E-state index contributed by atoms with van der Waals surface area (Å²) < 4.78 is 0. The van der Waals surface area contributed by atoms with Crippen molar-refractivity contribution in [2.75, 3.05) is 13.1 Å². The fraction of sp³-hybridized carbons (Fsp3) is 0.560. The Labute approximate surface area is 232 Å². The third kappa shape index (κ3) is 12.7. The molecule has 1 aromatic rings. The quantitative estimate of drug-likeness (QED) is 0.0498. The molecule has 224 valence electrons. The van der Waals surface area contributed by atoms with E-state index in [0.717, 1.165) is 0 Å². The first kappa shape index (κ1) is 34.1. The molecule has 0 saturated heterocycles. The summed E-state index contributed by atoms with van der Waals surface area (Å²) in [5.41, 5.74) is 22.4. The lowest BCUT2D eigenvalue weighted by Crippen LogP contribution is -2.58. The first-order chi connectivity index (χ1) is 18.8. The first-order valence-electron chi connectivity index (χ1n) is 13.0. The second-order valence-electron chi connectivity index (χ2n) is 9.39. The number of phenolic OH excluding ortho intramolecular Hbond substituents is 1. The number of carboxylic acids is 1. The number of guanidine groups is 1. The van der Waals surface area contributed by atoms with E-state index >= 15 is 0 Å². The number of carboxylic acid groups (broad SMARTS) is 1. The molecule has 0 bridgehead atoms. The van der Waals surface area contributed by atoms with Gasteiger partial charge in [0.1, 0.15) is 29.9 Å². The monoisotopic (exact) mass is 566 g/mol. The number of phenols is 1. The number of aromatic hydroxyl groups is 1. The number of benzene rings is 1. The van der Waals surface area contributed by atoms with E-state index in [2.05, 4.69) is 20.9 Å². The van der Waals surface area contributed by atoms with Crippen molar-refractivity contribution in [1.29, 1.82) is 0 Å². The van der Waals surface area contributed by atoms with Gasteiger partial charge in [-0.3, -0.25) is 19.4 Å². The molecule has 14 N–H and O–H groups in total. The van der Waals surface area contributed by atoms with Crippen molar-refractivity contribution >= 4 is 29.7 Å². The van der Waals surface area contributed by atoms with Crippen molar-refractivity contribution in [3.05, 3.63) is 29.8 Å². The Bertz CT molecular complexity index is 999. The molecule has 0 aliphatic carbocycles. The van der Waals surface area contributed by atoms with Crippen LogP contribution in [0.5, 0.6) is 5.75 Å². The summed E-state index contributed by atoms with van der Waals surface area (Å²) in [6.45, 7) is 1.86. The minimum absolute atomic E-state index is 0.00219. The number of aliphatic imine (C=N–C) groups is 1. The maximum absolute atomic E-state index is 13.3. The number of aliphatic hydroxyl groups excluding tert-OH is 1. The van der Waals surface area contributed by atoms with Gasteiger partial charge in [0, 0.05) is 13.0 Å². The van der Waals surface area contributed by atoms with E-state index in [-0.39, 0.29) is 43.9 Å². The van der Waals surface area contributed by atoms with Crippen LogP contribution in [0.1, 0.15) is 44.6 Å². The number of amides is 3. The highest BCUT2D eigenvalue weighted by atomic mass is 16.4. The highest BCUT2D eigenvalue weighted by Gasteiger charge is 2.31. The topological polar surface area (TPSA) is 282 Å². The van der Waals surface area contributed by atoms with Crippen molar-refractivity contribution in [2.24, 2.45) is 27.9 Å². The SMILES string of the molecule is CC(O)C(N)C(=O)NC(CCCCN)C(=O)NC(Cc1ccc(O)cc1)C(=O)NC(CCCN=C(N)N)C(=O)O. The van der Waals surface area contributed by atoms with Gasteiger partial charge in [-0.1, -0.05) is 12.1 Å². The summed E-state index contributed by atoms with van der Waals surface area (Å²) >= 11 is 0. The molecule has 15 nitrogen and oxygen atoms in total. The van der Waals surface area contributed by atoms with Crippen LogP contribution in [-0.2, 0) is 25.6 Å². The summed E-state index contributed by atoms with van der Waals surface area (Å²) in [7, 11) is 0. The molecule has 40 heavy (non-hydrogen) atoms. The molecule has 0 spiro atoms. The van der Waals surface area contributed by atoms with Gasteiger partial charge in [0.25, 0.3) is 0 Å². The number of unbranched alkanes of at least 4 members (excludes halogenated alkanes) is 1. The van der Waals surface area contributed by atoms with Crippen LogP contribution in [-0.4, -0.2) is 88.3 Å². The van der Waals surface area contributed by atoms with Crippen LogP contribution < -0.4 is 38.9 Å². The van der Waals surface area contributed by atoms with Gasteiger partial charge in [-0.15, -0.1) is 0 Å². The first-order valence-corrected chi connectivity index (χ1v) is 13.0.